The van der Waals surface area contributed by atoms with Crippen molar-refractivity contribution in [1.82, 2.24) is 4.90 Å². The maximum absolute atomic E-state index is 13.4. The molecule has 0 bridgehead atoms. The number of phenols is 1. The molecule has 1 aliphatic heterocycles. The van der Waals surface area contributed by atoms with Crippen LogP contribution in [-0.4, -0.2) is 35.2 Å². The van der Waals surface area contributed by atoms with Gasteiger partial charge in [-0.3, -0.25) is 4.79 Å². The standard InChI is InChI=1S/C22H22ClNO4/c1-14-17-8-4-9-18(23)21(17)28-20(14)22(26)24(13-16-7-5-11-27-16)12-15-6-2-3-10-19(15)25/h2-4,6,8-10,16,25H,5,7,11-13H2,1H3. The summed E-state index contributed by atoms with van der Waals surface area (Å²) in [6, 6.07) is 12.5. The van der Waals surface area contributed by atoms with Crippen molar-refractivity contribution < 1.29 is 19.1 Å². The Kier molecular flexibility index (Phi) is 5.29. The minimum absolute atomic E-state index is 0.0110. The van der Waals surface area contributed by atoms with Crippen molar-refractivity contribution in [3.63, 3.8) is 0 Å². The molecule has 3 aromatic rings. The smallest absolute Gasteiger partial charge is 0.290 e. The molecule has 0 radical (unpaired) electrons. The summed E-state index contributed by atoms with van der Waals surface area (Å²) in [5.41, 5.74) is 1.96. The second-order valence-electron chi connectivity index (χ2n) is 7.12. The molecule has 4 rings (SSSR count). The first-order valence-electron chi connectivity index (χ1n) is 9.40. The van der Waals surface area contributed by atoms with Gasteiger partial charge in [0.1, 0.15) is 5.75 Å². The zero-order valence-electron chi connectivity index (χ0n) is 15.7. The molecule has 0 spiro atoms. The number of carbonyl (C=O) groups is 1. The van der Waals surface area contributed by atoms with Crippen LogP contribution in [0.2, 0.25) is 5.02 Å². The molecule has 2 heterocycles. The maximum Gasteiger partial charge on any atom is 0.290 e. The van der Waals surface area contributed by atoms with Crippen molar-refractivity contribution in [3.8, 4) is 5.75 Å². The summed E-state index contributed by atoms with van der Waals surface area (Å²) in [6.45, 7) is 3.29. The van der Waals surface area contributed by atoms with E-state index < -0.39 is 0 Å². The number of nitrogens with zero attached hydrogens (tertiary/aromatic N) is 1. The van der Waals surface area contributed by atoms with Gasteiger partial charge in [-0.15, -0.1) is 0 Å². The summed E-state index contributed by atoms with van der Waals surface area (Å²) < 4.78 is 11.6. The highest BCUT2D eigenvalue weighted by atomic mass is 35.5. The van der Waals surface area contributed by atoms with Gasteiger partial charge in [0.2, 0.25) is 0 Å². The minimum atomic E-state index is -0.233. The molecule has 1 amide bonds. The summed E-state index contributed by atoms with van der Waals surface area (Å²) in [4.78, 5) is 15.1. The van der Waals surface area contributed by atoms with E-state index in [1.807, 2.05) is 31.2 Å². The molecule has 1 aromatic heterocycles. The number of carbonyl (C=O) groups excluding carboxylic acids is 1. The van der Waals surface area contributed by atoms with Crippen LogP contribution in [0, 0.1) is 6.92 Å². The first-order chi connectivity index (χ1) is 13.5. The molecular formula is C22H22ClNO4. The molecule has 1 atom stereocenters. The van der Waals surface area contributed by atoms with E-state index in [4.69, 9.17) is 20.8 Å². The van der Waals surface area contributed by atoms with Gasteiger partial charge in [-0.25, -0.2) is 0 Å². The molecule has 5 nitrogen and oxygen atoms in total. The molecule has 6 heteroatoms. The second kappa shape index (κ2) is 7.86. The third kappa shape index (κ3) is 3.60. The SMILES string of the molecule is Cc1c(C(=O)N(Cc2ccccc2O)CC2CCCO2)oc2c(Cl)cccc12. The predicted octanol–water partition coefficient (Wildman–Crippen LogP) is 4.92. The number of halogens is 1. The highest BCUT2D eigenvalue weighted by Crippen LogP contribution is 2.32. The topological polar surface area (TPSA) is 62.9 Å². The van der Waals surface area contributed by atoms with Gasteiger partial charge in [0, 0.05) is 36.2 Å². The van der Waals surface area contributed by atoms with Crippen molar-refractivity contribution in [1.29, 1.82) is 0 Å². The molecular weight excluding hydrogens is 378 g/mol. The summed E-state index contributed by atoms with van der Waals surface area (Å²) in [5, 5.41) is 11.5. The normalized spacial score (nSPS) is 16.6. The number of aromatic hydroxyl groups is 1. The Morgan fingerprint density at radius 2 is 2.07 bits per heavy atom. The van der Waals surface area contributed by atoms with Crippen molar-refractivity contribution in [2.24, 2.45) is 0 Å². The molecule has 1 fully saturated rings. The zero-order valence-corrected chi connectivity index (χ0v) is 16.4. The number of para-hydroxylation sites is 2. The van der Waals surface area contributed by atoms with E-state index in [1.165, 1.54) is 0 Å². The number of benzene rings is 2. The minimum Gasteiger partial charge on any atom is -0.508 e. The quantitative estimate of drug-likeness (QED) is 0.661. The van der Waals surface area contributed by atoms with E-state index in [0.29, 0.717) is 29.3 Å². The van der Waals surface area contributed by atoms with Crippen LogP contribution in [0.1, 0.15) is 34.5 Å². The molecule has 1 aliphatic rings. The van der Waals surface area contributed by atoms with Gasteiger partial charge in [0.15, 0.2) is 11.3 Å². The summed E-state index contributed by atoms with van der Waals surface area (Å²) in [6.07, 6.45) is 1.89. The number of ether oxygens (including phenoxy) is 1. The summed E-state index contributed by atoms with van der Waals surface area (Å²) in [7, 11) is 0. The number of hydrogen-bond acceptors (Lipinski definition) is 4. The molecule has 1 saturated heterocycles. The van der Waals surface area contributed by atoms with Crippen LogP contribution in [0.25, 0.3) is 11.0 Å². The lowest BCUT2D eigenvalue weighted by Gasteiger charge is -2.25. The van der Waals surface area contributed by atoms with E-state index in [0.717, 1.165) is 23.8 Å². The van der Waals surface area contributed by atoms with E-state index in [1.54, 1.807) is 23.1 Å². The Morgan fingerprint density at radius 3 is 2.79 bits per heavy atom. The lowest BCUT2D eigenvalue weighted by molar-refractivity contribution is 0.0483. The number of rotatable bonds is 5. The van der Waals surface area contributed by atoms with Gasteiger partial charge < -0.3 is 19.2 Å². The first-order valence-corrected chi connectivity index (χ1v) is 9.77. The maximum atomic E-state index is 13.4. The average Bonchev–Trinajstić information content (AvgIpc) is 3.31. The Hall–Kier alpha value is -2.50. The number of amides is 1. The lowest BCUT2D eigenvalue weighted by Crippen LogP contribution is -2.37. The molecule has 2 aromatic carbocycles. The van der Waals surface area contributed by atoms with Gasteiger partial charge in [-0.05, 0) is 31.9 Å². The van der Waals surface area contributed by atoms with Gasteiger partial charge in [0.05, 0.1) is 11.1 Å². The second-order valence-corrected chi connectivity index (χ2v) is 7.53. The van der Waals surface area contributed by atoms with Crippen molar-refractivity contribution in [3.05, 3.63) is 64.4 Å². The van der Waals surface area contributed by atoms with E-state index >= 15 is 0 Å². The monoisotopic (exact) mass is 399 g/mol. The lowest BCUT2D eigenvalue weighted by atomic mass is 10.1. The number of fused-ring (bicyclic) bond motifs is 1. The van der Waals surface area contributed by atoms with Gasteiger partial charge in [-0.1, -0.05) is 41.9 Å². The van der Waals surface area contributed by atoms with Crippen molar-refractivity contribution in [2.45, 2.75) is 32.4 Å². The number of phenolic OH excluding ortho intramolecular Hbond substituents is 1. The van der Waals surface area contributed by atoms with Gasteiger partial charge in [0.25, 0.3) is 5.91 Å². The summed E-state index contributed by atoms with van der Waals surface area (Å²) >= 11 is 6.24. The summed E-state index contributed by atoms with van der Waals surface area (Å²) in [5.74, 6) is 0.206. The molecule has 146 valence electrons. The average molecular weight is 400 g/mol. The fourth-order valence-corrected chi connectivity index (χ4v) is 3.87. The Balaban J connectivity index is 1.69. The molecule has 0 saturated carbocycles. The van der Waals surface area contributed by atoms with Gasteiger partial charge >= 0.3 is 0 Å². The van der Waals surface area contributed by atoms with Crippen LogP contribution >= 0.6 is 11.6 Å². The predicted molar refractivity (Wildman–Crippen MR) is 108 cm³/mol. The van der Waals surface area contributed by atoms with Crippen LogP contribution in [0.5, 0.6) is 5.75 Å². The van der Waals surface area contributed by atoms with Crippen LogP contribution in [0.3, 0.4) is 0 Å². The Labute approximate surface area is 168 Å². The van der Waals surface area contributed by atoms with Crippen molar-refractivity contribution >= 4 is 28.5 Å². The van der Waals surface area contributed by atoms with Crippen LogP contribution < -0.4 is 0 Å². The van der Waals surface area contributed by atoms with E-state index in [9.17, 15) is 9.90 Å². The highest BCUT2D eigenvalue weighted by Gasteiger charge is 2.28. The first kappa shape index (κ1) is 18.8. The fraction of sp³-hybridized carbons (Fsp3) is 0.318. The Bertz CT molecular complexity index is 1010. The fourth-order valence-electron chi connectivity index (χ4n) is 3.66. The third-order valence-electron chi connectivity index (χ3n) is 5.20. The third-order valence-corrected chi connectivity index (χ3v) is 5.50. The molecule has 1 unspecified atom stereocenters. The number of aryl methyl sites for hydroxylation is 1. The number of hydrogen-bond donors (Lipinski definition) is 1. The molecule has 0 aliphatic carbocycles. The van der Waals surface area contributed by atoms with Crippen LogP contribution in [0.4, 0.5) is 0 Å². The zero-order chi connectivity index (χ0) is 19.7. The molecule has 1 N–H and O–H groups in total. The van der Waals surface area contributed by atoms with E-state index in [-0.39, 0.29) is 30.1 Å². The largest absolute Gasteiger partial charge is 0.508 e. The van der Waals surface area contributed by atoms with Gasteiger partial charge in [-0.2, -0.15) is 0 Å². The number of furan rings is 1. The molecule has 28 heavy (non-hydrogen) atoms. The Morgan fingerprint density at radius 1 is 1.25 bits per heavy atom. The van der Waals surface area contributed by atoms with E-state index in [2.05, 4.69) is 0 Å². The van der Waals surface area contributed by atoms with Crippen LogP contribution in [0.15, 0.2) is 46.9 Å². The van der Waals surface area contributed by atoms with Crippen molar-refractivity contribution in [2.75, 3.05) is 13.2 Å². The van der Waals surface area contributed by atoms with Crippen LogP contribution in [-0.2, 0) is 11.3 Å². The highest BCUT2D eigenvalue weighted by molar-refractivity contribution is 6.35.